The zero-order chi connectivity index (χ0) is 12.3. The van der Waals surface area contributed by atoms with Crippen LogP contribution >= 0.6 is 0 Å². The van der Waals surface area contributed by atoms with Gasteiger partial charge in [-0.2, -0.15) is 0 Å². The van der Waals surface area contributed by atoms with Crippen LogP contribution < -0.4 is 5.32 Å². The van der Waals surface area contributed by atoms with Gasteiger partial charge in [0.2, 0.25) is 0 Å². The number of imidazole rings is 1. The summed E-state index contributed by atoms with van der Waals surface area (Å²) in [6.45, 7) is 12.1. The SMILES string of the molecule is CC(C)(C)NCCCN1CCn2ccnc2C1. The third-order valence-electron chi connectivity index (χ3n) is 3.13. The number of aromatic nitrogens is 2. The molecule has 0 amide bonds. The standard InChI is InChI=1S/C13H24N4/c1-13(2,3)15-5-4-7-16-9-10-17-8-6-14-12(17)11-16/h6,8,15H,4-5,7,9-11H2,1-3H3. The van der Waals surface area contributed by atoms with E-state index in [1.54, 1.807) is 0 Å². The molecule has 0 atom stereocenters. The summed E-state index contributed by atoms with van der Waals surface area (Å²) in [6, 6.07) is 0. The molecule has 1 aliphatic heterocycles. The van der Waals surface area contributed by atoms with Crippen molar-refractivity contribution < 1.29 is 0 Å². The maximum Gasteiger partial charge on any atom is 0.122 e. The molecule has 0 fully saturated rings. The Morgan fingerprint density at radius 3 is 2.94 bits per heavy atom. The predicted molar refractivity (Wildman–Crippen MR) is 69.9 cm³/mol. The molecule has 1 aromatic heterocycles. The Kier molecular flexibility index (Phi) is 3.84. The molecule has 0 saturated heterocycles. The largest absolute Gasteiger partial charge is 0.333 e. The molecule has 0 radical (unpaired) electrons. The van der Waals surface area contributed by atoms with Crippen molar-refractivity contribution in [3.63, 3.8) is 0 Å². The molecule has 0 spiro atoms. The normalized spacial score (nSPS) is 17.1. The van der Waals surface area contributed by atoms with E-state index in [1.807, 2.05) is 6.20 Å². The first-order valence-electron chi connectivity index (χ1n) is 6.52. The van der Waals surface area contributed by atoms with Crippen LogP contribution in [0.5, 0.6) is 0 Å². The van der Waals surface area contributed by atoms with E-state index in [0.717, 1.165) is 32.7 Å². The Bertz CT molecular complexity index is 351. The highest BCUT2D eigenvalue weighted by Gasteiger charge is 2.16. The quantitative estimate of drug-likeness (QED) is 0.804. The lowest BCUT2D eigenvalue weighted by Crippen LogP contribution is -2.39. The van der Waals surface area contributed by atoms with Crippen LogP contribution in [0.3, 0.4) is 0 Å². The van der Waals surface area contributed by atoms with E-state index in [4.69, 9.17) is 0 Å². The van der Waals surface area contributed by atoms with Crippen LogP contribution in [0, 0.1) is 0 Å². The van der Waals surface area contributed by atoms with Gasteiger partial charge in [-0.3, -0.25) is 4.90 Å². The molecule has 0 unspecified atom stereocenters. The van der Waals surface area contributed by atoms with Gasteiger partial charge in [-0.15, -0.1) is 0 Å². The van der Waals surface area contributed by atoms with Crippen molar-refractivity contribution in [1.29, 1.82) is 0 Å². The van der Waals surface area contributed by atoms with Crippen molar-refractivity contribution in [2.75, 3.05) is 19.6 Å². The maximum absolute atomic E-state index is 4.38. The summed E-state index contributed by atoms with van der Waals surface area (Å²) >= 11 is 0. The summed E-state index contributed by atoms with van der Waals surface area (Å²) in [7, 11) is 0. The fraction of sp³-hybridized carbons (Fsp3) is 0.769. The Morgan fingerprint density at radius 1 is 1.35 bits per heavy atom. The molecule has 2 heterocycles. The number of nitrogens with zero attached hydrogens (tertiary/aromatic N) is 3. The van der Waals surface area contributed by atoms with Gasteiger partial charge in [-0.05, 0) is 40.3 Å². The zero-order valence-corrected chi connectivity index (χ0v) is 11.2. The van der Waals surface area contributed by atoms with Crippen LogP contribution in [-0.2, 0) is 13.1 Å². The van der Waals surface area contributed by atoms with E-state index in [-0.39, 0.29) is 5.54 Å². The van der Waals surface area contributed by atoms with Gasteiger partial charge in [0, 0.05) is 31.0 Å². The minimum absolute atomic E-state index is 0.234. The average molecular weight is 236 g/mol. The summed E-state index contributed by atoms with van der Waals surface area (Å²) in [5, 5.41) is 3.53. The molecule has 4 heteroatoms. The van der Waals surface area contributed by atoms with E-state index < -0.39 is 0 Å². The van der Waals surface area contributed by atoms with Crippen LogP contribution in [-0.4, -0.2) is 39.6 Å². The molecule has 96 valence electrons. The van der Waals surface area contributed by atoms with Crippen LogP contribution in [0.2, 0.25) is 0 Å². The van der Waals surface area contributed by atoms with Gasteiger partial charge in [-0.1, -0.05) is 0 Å². The highest BCUT2D eigenvalue weighted by atomic mass is 15.2. The predicted octanol–water partition coefficient (Wildman–Crippen LogP) is 1.48. The average Bonchev–Trinajstić information content (AvgIpc) is 2.70. The van der Waals surface area contributed by atoms with Crippen molar-refractivity contribution in [1.82, 2.24) is 19.8 Å². The van der Waals surface area contributed by atoms with Gasteiger partial charge in [0.15, 0.2) is 0 Å². The third-order valence-corrected chi connectivity index (χ3v) is 3.13. The highest BCUT2D eigenvalue weighted by Crippen LogP contribution is 2.10. The van der Waals surface area contributed by atoms with E-state index in [1.165, 1.54) is 12.2 Å². The first kappa shape index (κ1) is 12.6. The minimum atomic E-state index is 0.234. The van der Waals surface area contributed by atoms with Gasteiger partial charge in [0.1, 0.15) is 5.82 Å². The molecule has 0 saturated carbocycles. The number of fused-ring (bicyclic) bond motifs is 1. The summed E-state index contributed by atoms with van der Waals surface area (Å²) < 4.78 is 2.25. The van der Waals surface area contributed by atoms with Gasteiger partial charge in [0.25, 0.3) is 0 Å². The second-order valence-electron chi connectivity index (χ2n) is 5.84. The smallest absolute Gasteiger partial charge is 0.122 e. The first-order valence-corrected chi connectivity index (χ1v) is 6.52. The summed E-state index contributed by atoms with van der Waals surface area (Å²) in [6.07, 6.45) is 5.19. The summed E-state index contributed by atoms with van der Waals surface area (Å²) in [5.74, 6) is 1.21. The Morgan fingerprint density at radius 2 is 2.18 bits per heavy atom. The number of rotatable bonds is 4. The van der Waals surface area contributed by atoms with Crippen LogP contribution in [0.25, 0.3) is 0 Å². The van der Waals surface area contributed by atoms with E-state index in [2.05, 4.69) is 46.7 Å². The molecule has 1 aliphatic rings. The molecule has 2 rings (SSSR count). The van der Waals surface area contributed by atoms with Crippen LogP contribution in [0.4, 0.5) is 0 Å². The van der Waals surface area contributed by atoms with Crippen LogP contribution in [0.15, 0.2) is 12.4 Å². The Labute approximate surface area is 104 Å². The fourth-order valence-corrected chi connectivity index (χ4v) is 2.18. The van der Waals surface area contributed by atoms with Crippen molar-refractivity contribution in [2.24, 2.45) is 0 Å². The zero-order valence-electron chi connectivity index (χ0n) is 11.2. The fourth-order valence-electron chi connectivity index (χ4n) is 2.18. The third kappa shape index (κ3) is 3.82. The highest BCUT2D eigenvalue weighted by molar-refractivity contribution is 4.95. The second-order valence-corrected chi connectivity index (χ2v) is 5.84. The maximum atomic E-state index is 4.38. The summed E-state index contributed by atoms with van der Waals surface area (Å²) in [5.41, 5.74) is 0.234. The first-order chi connectivity index (χ1) is 8.04. The van der Waals surface area contributed by atoms with E-state index in [9.17, 15) is 0 Å². The number of nitrogens with one attached hydrogen (secondary N) is 1. The Balaban J connectivity index is 1.68. The molecule has 0 aromatic carbocycles. The topological polar surface area (TPSA) is 33.1 Å². The molecule has 0 bridgehead atoms. The van der Waals surface area contributed by atoms with Gasteiger partial charge in [0.05, 0.1) is 6.54 Å². The molecular weight excluding hydrogens is 212 g/mol. The lowest BCUT2D eigenvalue weighted by molar-refractivity contribution is 0.212. The molecular formula is C13H24N4. The number of hydrogen-bond acceptors (Lipinski definition) is 3. The van der Waals surface area contributed by atoms with Crippen LogP contribution in [0.1, 0.15) is 33.0 Å². The lowest BCUT2D eigenvalue weighted by atomic mass is 10.1. The van der Waals surface area contributed by atoms with Gasteiger partial charge in [-0.25, -0.2) is 4.98 Å². The van der Waals surface area contributed by atoms with Crippen molar-refractivity contribution in [2.45, 2.75) is 45.8 Å². The Hall–Kier alpha value is -0.870. The molecule has 1 N–H and O–H groups in total. The van der Waals surface area contributed by atoms with Gasteiger partial charge < -0.3 is 9.88 Å². The summed E-state index contributed by atoms with van der Waals surface area (Å²) in [4.78, 5) is 6.87. The monoisotopic (exact) mass is 236 g/mol. The lowest BCUT2D eigenvalue weighted by Gasteiger charge is -2.28. The van der Waals surface area contributed by atoms with Crippen molar-refractivity contribution in [3.05, 3.63) is 18.2 Å². The van der Waals surface area contributed by atoms with E-state index in [0.29, 0.717) is 0 Å². The van der Waals surface area contributed by atoms with Crippen molar-refractivity contribution >= 4 is 0 Å². The molecule has 17 heavy (non-hydrogen) atoms. The van der Waals surface area contributed by atoms with Crippen molar-refractivity contribution in [3.8, 4) is 0 Å². The molecule has 0 aliphatic carbocycles. The molecule has 1 aromatic rings. The number of hydrogen-bond donors (Lipinski definition) is 1. The minimum Gasteiger partial charge on any atom is -0.333 e. The second kappa shape index (κ2) is 5.19. The van der Waals surface area contributed by atoms with Gasteiger partial charge >= 0.3 is 0 Å². The molecule has 4 nitrogen and oxygen atoms in total. The van der Waals surface area contributed by atoms with E-state index >= 15 is 0 Å².